The second-order valence-electron chi connectivity index (χ2n) is 5.92. The minimum Gasteiger partial charge on any atom is -0.459 e. The number of aryl methyl sites for hydroxylation is 1. The first-order chi connectivity index (χ1) is 13.5. The second-order valence-corrected chi connectivity index (χ2v) is 5.92. The predicted octanol–water partition coefficient (Wildman–Crippen LogP) is 4.25. The van der Waals surface area contributed by atoms with Crippen molar-refractivity contribution in [2.24, 2.45) is 0 Å². The SMILES string of the molecule is CCc1ccc(NC(=O)c2cccc(NC(=O)c3ccco3)c2)cc1[N+](=O)[O-]. The molecule has 0 fully saturated rings. The number of hydrogen-bond donors (Lipinski definition) is 2. The molecule has 0 aliphatic rings. The van der Waals surface area contributed by atoms with Crippen molar-refractivity contribution in [1.82, 2.24) is 0 Å². The maximum absolute atomic E-state index is 12.5. The van der Waals surface area contributed by atoms with Crippen molar-refractivity contribution in [2.75, 3.05) is 10.6 Å². The zero-order chi connectivity index (χ0) is 20.1. The fourth-order valence-corrected chi connectivity index (χ4v) is 2.65. The van der Waals surface area contributed by atoms with E-state index in [1.807, 2.05) is 6.92 Å². The zero-order valence-corrected chi connectivity index (χ0v) is 15.0. The highest BCUT2D eigenvalue weighted by Crippen LogP contribution is 2.24. The zero-order valence-electron chi connectivity index (χ0n) is 15.0. The van der Waals surface area contributed by atoms with E-state index in [-0.39, 0.29) is 11.4 Å². The first-order valence-electron chi connectivity index (χ1n) is 8.51. The molecule has 0 aliphatic carbocycles. The molecule has 1 heterocycles. The summed E-state index contributed by atoms with van der Waals surface area (Å²) in [6.07, 6.45) is 1.91. The third-order valence-corrected chi connectivity index (χ3v) is 4.05. The van der Waals surface area contributed by atoms with E-state index in [1.165, 1.54) is 24.5 Å². The van der Waals surface area contributed by atoms with Crippen LogP contribution in [0.3, 0.4) is 0 Å². The van der Waals surface area contributed by atoms with Crippen LogP contribution in [0.1, 0.15) is 33.4 Å². The van der Waals surface area contributed by atoms with Crippen LogP contribution in [0.2, 0.25) is 0 Å². The summed E-state index contributed by atoms with van der Waals surface area (Å²) in [6, 6.07) is 14.0. The summed E-state index contributed by atoms with van der Waals surface area (Å²) in [7, 11) is 0. The van der Waals surface area contributed by atoms with Crippen molar-refractivity contribution >= 4 is 28.9 Å². The summed E-state index contributed by atoms with van der Waals surface area (Å²) in [5.41, 5.74) is 1.57. The summed E-state index contributed by atoms with van der Waals surface area (Å²) in [6.45, 7) is 1.82. The summed E-state index contributed by atoms with van der Waals surface area (Å²) >= 11 is 0. The maximum Gasteiger partial charge on any atom is 0.291 e. The summed E-state index contributed by atoms with van der Waals surface area (Å²) in [4.78, 5) is 35.2. The Bertz CT molecular complexity index is 1030. The molecular weight excluding hydrogens is 362 g/mol. The summed E-state index contributed by atoms with van der Waals surface area (Å²) < 4.78 is 5.03. The third kappa shape index (κ3) is 4.24. The first kappa shape index (κ1) is 18.8. The van der Waals surface area contributed by atoms with Crippen LogP contribution in [-0.2, 0) is 6.42 Å². The monoisotopic (exact) mass is 379 g/mol. The minimum atomic E-state index is -0.473. The molecule has 0 saturated heterocycles. The fraction of sp³-hybridized carbons (Fsp3) is 0.100. The Morgan fingerprint density at radius 2 is 1.75 bits per heavy atom. The highest BCUT2D eigenvalue weighted by Gasteiger charge is 2.15. The number of amides is 2. The van der Waals surface area contributed by atoms with Crippen LogP contribution >= 0.6 is 0 Å². The van der Waals surface area contributed by atoms with Crippen molar-refractivity contribution < 1.29 is 18.9 Å². The quantitative estimate of drug-likeness (QED) is 0.491. The van der Waals surface area contributed by atoms with Crippen LogP contribution in [0.25, 0.3) is 0 Å². The molecule has 3 rings (SSSR count). The van der Waals surface area contributed by atoms with E-state index in [9.17, 15) is 19.7 Å². The molecule has 2 aromatic carbocycles. The lowest BCUT2D eigenvalue weighted by Gasteiger charge is -2.09. The Labute approximate surface area is 160 Å². The lowest BCUT2D eigenvalue weighted by atomic mass is 10.1. The van der Waals surface area contributed by atoms with Gasteiger partial charge in [0.25, 0.3) is 17.5 Å². The lowest BCUT2D eigenvalue weighted by molar-refractivity contribution is -0.385. The molecular formula is C20H17N3O5. The normalized spacial score (nSPS) is 10.3. The van der Waals surface area contributed by atoms with Crippen LogP contribution in [0.5, 0.6) is 0 Å². The molecule has 2 amide bonds. The van der Waals surface area contributed by atoms with Crippen molar-refractivity contribution in [3.63, 3.8) is 0 Å². The molecule has 1 aromatic heterocycles. The van der Waals surface area contributed by atoms with Crippen molar-refractivity contribution in [3.8, 4) is 0 Å². The van der Waals surface area contributed by atoms with E-state index < -0.39 is 16.7 Å². The molecule has 0 atom stereocenters. The van der Waals surface area contributed by atoms with Gasteiger partial charge in [-0.15, -0.1) is 0 Å². The average molecular weight is 379 g/mol. The van der Waals surface area contributed by atoms with Crippen LogP contribution in [0.15, 0.2) is 65.3 Å². The van der Waals surface area contributed by atoms with Crippen molar-refractivity contribution in [3.05, 3.63) is 87.9 Å². The lowest BCUT2D eigenvalue weighted by Crippen LogP contribution is -2.14. The number of hydrogen-bond acceptors (Lipinski definition) is 5. The van der Waals surface area contributed by atoms with Crippen LogP contribution in [-0.4, -0.2) is 16.7 Å². The van der Waals surface area contributed by atoms with Gasteiger partial charge in [-0.05, 0) is 42.8 Å². The highest BCUT2D eigenvalue weighted by molar-refractivity contribution is 6.06. The molecule has 0 bridgehead atoms. The molecule has 0 radical (unpaired) electrons. The van der Waals surface area contributed by atoms with E-state index in [4.69, 9.17) is 4.42 Å². The van der Waals surface area contributed by atoms with Gasteiger partial charge >= 0.3 is 0 Å². The van der Waals surface area contributed by atoms with Crippen molar-refractivity contribution in [2.45, 2.75) is 13.3 Å². The number of benzene rings is 2. The molecule has 2 N–H and O–H groups in total. The fourth-order valence-electron chi connectivity index (χ4n) is 2.65. The van der Waals surface area contributed by atoms with Gasteiger partial charge in [0.1, 0.15) is 0 Å². The molecule has 0 saturated carbocycles. The topological polar surface area (TPSA) is 114 Å². The number of rotatable bonds is 6. The van der Waals surface area contributed by atoms with Gasteiger partial charge in [-0.25, -0.2) is 0 Å². The van der Waals surface area contributed by atoms with Gasteiger partial charge in [-0.2, -0.15) is 0 Å². The van der Waals surface area contributed by atoms with Crippen LogP contribution in [0.4, 0.5) is 17.1 Å². The molecule has 0 spiro atoms. The van der Waals surface area contributed by atoms with Crippen LogP contribution < -0.4 is 10.6 Å². The van der Waals surface area contributed by atoms with Gasteiger partial charge in [0, 0.05) is 28.6 Å². The van der Waals surface area contributed by atoms with Gasteiger partial charge in [0.2, 0.25) is 0 Å². The van der Waals surface area contributed by atoms with E-state index in [1.54, 1.807) is 36.4 Å². The number of carbonyl (C=O) groups is 2. The molecule has 0 aliphatic heterocycles. The number of anilines is 2. The summed E-state index contributed by atoms with van der Waals surface area (Å²) in [5, 5.41) is 16.5. The van der Waals surface area contributed by atoms with Gasteiger partial charge < -0.3 is 15.1 Å². The summed E-state index contributed by atoms with van der Waals surface area (Å²) in [5.74, 6) is -0.737. The Hall–Kier alpha value is -3.94. The average Bonchev–Trinajstić information content (AvgIpc) is 3.23. The molecule has 8 heteroatoms. The number of nitrogens with one attached hydrogen (secondary N) is 2. The number of carbonyl (C=O) groups excluding carboxylic acids is 2. The highest BCUT2D eigenvalue weighted by atomic mass is 16.6. The van der Waals surface area contributed by atoms with E-state index in [2.05, 4.69) is 10.6 Å². The number of nitro groups is 1. The molecule has 142 valence electrons. The van der Waals surface area contributed by atoms with E-state index in [0.29, 0.717) is 28.9 Å². The van der Waals surface area contributed by atoms with Gasteiger partial charge in [-0.1, -0.05) is 19.1 Å². The Kier molecular flexibility index (Phi) is 5.50. The van der Waals surface area contributed by atoms with E-state index in [0.717, 1.165) is 0 Å². The first-order valence-corrected chi connectivity index (χ1v) is 8.51. The molecule has 3 aromatic rings. The predicted molar refractivity (Wildman–Crippen MR) is 104 cm³/mol. The van der Waals surface area contributed by atoms with Gasteiger partial charge in [-0.3, -0.25) is 19.7 Å². The largest absolute Gasteiger partial charge is 0.459 e. The van der Waals surface area contributed by atoms with Crippen molar-refractivity contribution in [1.29, 1.82) is 0 Å². The Balaban J connectivity index is 1.75. The number of nitrogens with zero attached hydrogens (tertiary/aromatic N) is 1. The van der Waals surface area contributed by atoms with Gasteiger partial charge in [0.15, 0.2) is 5.76 Å². The molecule has 28 heavy (non-hydrogen) atoms. The number of nitro benzene ring substituents is 1. The minimum absolute atomic E-state index is 0.0419. The smallest absolute Gasteiger partial charge is 0.291 e. The third-order valence-electron chi connectivity index (χ3n) is 4.05. The van der Waals surface area contributed by atoms with Crippen LogP contribution in [0, 0.1) is 10.1 Å². The Morgan fingerprint density at radius 1 is 1.00 bits per heavy atom. The van der Waals surface area contributed by atoms with Gasteiger partial charge in [0.05, 0.1) is 11.2 Å². The Morgan fingerprint density at radius 3 is 2.43 bits per heavy atom. The maximum atomic E-state index is 12.5. The molecule has 8 nitrogen and oxygen atoms in total. The number of furan rings is 1. The molecule has 0 unspecified atom stereocenters. The standard InChI is InChI=1S/C20H17N3O5/c1-2-13-8-9-16(12-17(13)23(26)27)21-19(24)14-5-3-6-15(11-14)22-20(25)18-7-4-10-28-18/h3-12H,2H2,1H3,(H,21,24)(H,22,25). The van der Waals surface area contributed by atoms with E-state index >= 15 is 0 Å². The second kappa shape index (κ2) is 8.17.